The summed E-state index contributed by atoms with van der Waals surface area (Å²) in [6.45, 7) is 1.69. The Morgan fingerprint density at radius 3 is 2.74 bits per heavy atom. The van der Waals surface area contributed by atoms with Crippen molar-refractivity contribution in [1.29, 1.82) is 5.26 Å². The van der Waals surface area contributed by atoms with E-state index in [1.807, 2.05) is 6.07 Å². The molecule has 0 aliphatic rings. The van der Waals surface area contributed by atoms with Crippen molar-refractivity contribution < 1.29 is 8.42 Å². The zero-order chi connectivity index (χ0) is 14.0. The fraction of sp³-hybridized carbons (Fsp3) is 0.0909. The number of aromatic nitrogens is 1. The number of aryl methyl sites for hydroxylation is 1. The topological polar surface area (TPSA) is 82.8 Å². The van der Waals surface area contributed by atoms with Crippen LogP contribution in [0, 0.1) is 18.3 Å². The van der Waals surface area contributed by atoms with Gasteiger partial charge in [-0.15, -0.1) is 0 Å². The Balaban J connectivity index is 2.35. The van der Waals surface area contributed by atoms with Gasteiger partial charge in [-0.2, -0.15) is 5.26 Å². The van der Waals surface area contributed by atoms with Crippen LogP contribution in [-0.2, 0) is 10.0 Å². The summed E-state index contributed by atoms with van der Waals surface area (Å²) in [5.41, 5.74) is 1.07. The highest BCUT2D eigenvalue weighted by Gasteiger charge is 2.17. The predicted molar refractivity (Wildman–Crippen MR) is 76.5 cm³/mol. The fourth-order valence-corrected chi connectivity index (χ4v) is 3.84. The van der Waals surface area contributed by atoms with E-state index >= 15 is 0 Å². The first kappa shape index (κ1) is 14.0. The summed E-state index contributed by atoms with van der Waals surface area (Å²) in [4.78, 5) is 4.02. The molecule has 0 aliphatic carbocycles. The zero-order valence-corrected chi connectivity index (χ0v) is 12.9. The summed E-state index contributed by atoms with van der Waals surface area (Å²) < 4.78 is 27.4. The van der Waals surface area contributed by atoms with E-state index in [-0.39, 0.29) is 10.0 Å². The third-order valence-electron chi connectivity index (χ3n) is 2.33. The van der Waals surface area contributed by atoms with E-state index in [4.69, 9.17) is 5.26 Å². The molecule has 1 N–H and O–H groups in total. The SMILES string of the molecule is Cc1cc(S(=O)(=O)Nc2ncc(Br)s2)ccc1C#N. The van der Waals surface area contributed by atoms with Crippen LogP contribution in [0.15, 0.2) is 33.1 Å². The molecule has 0 unspecified atom stereocenters. The average Bonchev–Trinajstić information content (AvgIpc) is 2.73. The summed E-state index contributed by atoms with van der Waals surface area (Å²) in [6, 6.07) is 6.34. The van der Waals surface area contributed by atoms with Crippen LogP contribution in [-0.4, -0.2) is 13.4 Å². The minimum Gasteiger partial charge on any atom is -0.255 e. The van der Waals surface area contributed by atoms with Crippen molar-refractivity contribution in [1.82, 2.24) is 4.98 Å². The van der Waals surface area contributed by atoms with E-state index in [9.17, 15) is 8.42 Å². The van der Waals surface area contributed by atoms with Gasteiger partial charge in [0.15, 0.2) is 5.13 Å². The van der Waals surface area contributed by atoms with Crippen molar-refractivity contribution in [2.24, 2.45) is 0 Å². The lowest BCUT2D eigenvalue weighted by atomic mass is 10.1. The Hall–Kier alpha value is -1.43. The fourth-order valence-electron chi connectivity index (χ4n) is 1.40. The molecule has 1 aromatic carbocycles. The van der Waals surface area contributed by atoms with Crippen LogP contribution in [0.4, 0.5) is 5.13 Å². The number of benzene rings is 1. The molecule has 2 rings (SSSR count). The predicted octanol–water partition coefficient (Wildman–Crippen LogP) is 2.89. The van der Waals surface area contributed by atoms with Gasteiger partial charge < -0.3 is 0 Å². The van der Waals surface area contributed by atoms with E-state index in [0.29, 0.717) is 11.1 Å². The smallest absolute Gasteiger partial charge is 0.255 e. The number of hydrogen-bond acceptors (Lipinski definition) is 5. The van der Waals surface area contributed by atoms with E-state index in [2.05, 4.69) is 25.6 Å². The van der Waals surface area contributed by atoms with Gasteiger partial charge in [0.1, 0.15) is 0 Å². The first-order chi connectivity index (χ1) is 8.92. The first-order valence-corrected chi connectivity index (χ1v) is 8.16. The highest BCUT2D eigenvalue weighted by Crippen LogP contribution is 2.26. The van der Waals surface area contributed by atoms with Crippen molar-refractivity contribution in [2.45, 2.75) is 11.8 Å². The van der Waals surface area contributed by atoms with Crippen molar-refractivity contribution in [2.75, 3.05) is 4.72 Å². The second-order valence-electron chi connectivity index (χ2n) is 3.66. The molecule has 0 radical (unpaired) electrons. The summed E-state index contributed by atoms with van der Waals surface area (Å²) in [5.74, 6) is 0. The third kappa shape index (κ3) is 3.12. The number of thiazole rings is 1. The number of nitrogens with one attached hydrogen (secondary N) is 1. The highest BCUT2D eigenvalue weighted by molar-refractivity contribution is 9.11. The van der Waals surface area contributed by atoms with Crippen LogP contribution in [0.1, 0.15) is 11.1 Å². The summed E-state index contributed by atoms with van der Waals surface area (Å²) in [5, 5.41) is 9.11. The van der Waals surface area contributed by atoms with Crippen molar-refractivity contribution in [3.8, 4) is 6.07 Å². The number of nitrogens with zero attached hydrogens (tertiary/aromatic N) is 2. The summed E-state index contributed by atoms with van der Waals surface area (Å²) >= 11 is 4.40. The number of rotatable bonds is 3. The third-order valence-corrected chi connectivity index (χ3v) is 5.19. The van der Waals surface area contributed by atoms with Gasteiger partial charge in [0.25, 0.3) is 10.0 Å². The van der Waals surface area contributed by atoms with Gasteiger partial charge in [-0.1, -0.05) is 11.3 Å². The molecular weight excluding hydrogens is 350 g/mol. The van der Waals surface area contributed by atoms with Crippen LogP contribution in [0.3, 0.4) is 0 Å². The maximum Gasteiger partial charge on any atom is 0.263 e. The van der Waals surface area contributed by atoms with Gasteiger partial charge in [0.05, 0.1) is 26.5 Å². The van der Waals surface area contributed by atoms with Gasteiger partial charge >= 0.3 is 0 Å². The second-order valence-corrected chi connectivity index (χ2v) is 7.76. The molecule has 0 saturated carbocycles. The molecule has 0 aliphatic heterocycles. The van der Waals surface area contributed by atoms with Gasteiger partial charge in [-0.3, -0.25) is 4.72 Å². The Morgan fingerprint density at radius 1 is 1.47 bits per heavy atom. The maximum absolute atomic E-state index is 12.1. The van der Waals surface area contributed by atoms with Crippen LogP contribution < -0.4 is 4.72 Å². The molecule has 0 fully saturated rings. The van der Waals surface area contributed by atoms with Crippen LogP contribution in [0.2, 0.25) is 0 Å². The molecule has 19 heavy (non-hydrogen) atoms. The Kier molecular flexibility index (Phi) is 3.89. The van der Waals surface area contributed by atoms with Crippen molar-refractivity contribution >= 4 is 42.4 Å². The number of nitriles is 1. The van der Waals surface area contributed by atoms with Crippen molar-refractivity contribution in [3.05, 3.63) is 39.3 Å². The Bertz CT molecular complexity index is 762. The first-order valence-electron chi connectivity index (χ1n) is 5.07. The lowest BCUT2D eigenvalue weighted by Gasteiger charge is -2.06. The normalized spacial score (nSPS) is 11.0. The molecule has 8 heteroatoms. The molecule has 0 atom stereocenters. The minimum atomic E-state index is -3.68. The van der Waals surface area contributed by atoms with Gasteiger partial charge in [-0.25, -0.2) is 13.4 Å². The highest BCUT2D eigenvalue weighted by atomic mass is 79.9. The molecule has 5 nitrogen and oxygen atoms in total. The summed E-state index contributed by atoms with van der Waals surface area (Å²) in [6.07, 6.45) is 1.52. The lowest BCUT2D eigenvalue weighted by molar-refractivity contribution is 0.601. The Morgan fingerprint density at radius 2 is 2.21 bits per heavy atom. The van der Waals surface area contributed by atoms with Gasteiger partial charge in [-0.05, 0) is 46.6 Å². The molecule has 0 amide bonds. The molecular formula is C11H8BrN3O2S2. The number of halogens is 1. The van der Waals surface area contributed by atoms with E-state index < -0.39 is 10.0 Å². The van der Waals surface area contributed by atoms with Gasteiger partial charge in [0, 0.05) is 0 Å². The maximum atomic E-state index is 12.1. The lowest BCUT2D eigenvalue weighted by Crippen LogP contribution is -2.13. The molecule has 0 bridgehead atoms. The standard InChI is InChI=1S/C11H8BrN3O2S2/c1-7-4-9(3-2-8(7)5-13)19(16,17)15-11-14-6-10(12)18-11/h2-4,6H,1H3,(H,14,15). The van der Waals surface area contributed by atoms with E-state index in [0.717, 1.165) is 3.79 Å². The number of hydrogen-bond donors (Lipinski definition) is 1. The molecule has 1 heterocycles. The second kappa shape index (κ2) is 5.28. The number of anilines is 1. The minimum absolute atomic E-state index is 0.107. The molecule has 0 saturated heterocycles. The van der Waals surface area contributed by atoms with Crippen LogP contribution in [0.25, 0.3) is 0 Å². The zero-order valence-electron chi connectivity index (χ0n) is 9.71. The quantitative estimate of drug-likeness (QED) is 0.915. The van der Waals surface area contributed by atoms with Gasteiger partial charge in [0.2, 0.25) is 0 Å². The molecule has 98 valence electrons. The average molecular weight is 358 g/mol. The van der Waals surface area contributed by atoms with Crippen molar-refractivity contribution in [3.63, 3.8) is 0 Å². The molecule has 0 spiro atoms. The number of sulfonamides is 1. The largest absolute Gasteiger partial charge is 0.263 e. The molecule has 1 aromatic heterocycles. The molecule has 2 aromatic rings. The van der Waals surface area contributed by atoms with E-state index in [1.165, 1.54) is 35.7 Å². The Labute approximate surface area is 123 Å². The van der Waals surface area contributed by atoms with Crippen LogP contribution >= 0.6 is 27.3 Å². The monoisotopic (exact) mass is 357 g/mol. The van der Waals surface area contributed by atoms with E-state index in [1.54, 1.807) is 6.92 Å². The van der Waals surface area contributed by atoms with Crippen LogP contribution in [0.5, 0.6) is 0 Å². The summed E-state index contributed by atoms with van der Waals surface area (Å²) in [7, 11) is -3.68.